The molecule has 2 nitrogen and oxygen atoms in total. The van der Waals surface area contributed by atoms with E-state index in [1.54, 1.807) is 0 Å². The van der Waals surface area contributed by atoms with Gasteiger partial charge in [-0.25, -0.2) is 13.5 Å². The largest absolute Gasteiger partial charge is 0.291 e. The number of halogens is 2. The van der Waals surface area contributed by atoms with Crippen LogP contribution in [0.15, 0.2) is 30.3 Å². The molecule has 0 fully saturated rings. The van der Waals surface area contributed by atoms with Gasteiger partial charge in [-0.05, 0) is 24.6 Å². The number of rotatable bonds is 2. The predicted molar refractivity (Wildman–Crippen MR) is 60.6 cm³/mol. The van der Waals surface area contributed by atoms with Crippen molar-refractivity contribution < 1.29 is 8.78 Å². The summed E-state index contributed by atoms with van der Waals surface area (Å²) in [5, 5.41) is 2.59. The highest BCUT2D eigenvalue weighted by Crippen LogP contribution is 2.19. The van der Waals surface area contributed by atoms with E-state index in [-0.39, 0.29) is 5.69 Å². The molecule has 0 atom stereocenters. The van der Waals surface area contributed by atoms with E-state index in [9.17, 15) is 8.78 Å². The van der Waals surface area contributed by atoms with Crippen molar-refractivity contribution in [2.75, 3.05) is 0 Å². The molecule has 1 aromatic heterocycles. The summed E-state index contributed by atoms with van der Waals surface area (Å²) >= 11 is 5.02. The maximum absolute atomic E-state index is 12.5. The summed E-state index contributed by atoms with van der Waals surface area (Å²) in [4.78, 5) is 0. The second kappa shape index (κ2) is 4.17. The molecule has 0 bridgehead atoms. The Labute approximate surface area is 96.5 Å². The number of hydrogen-bond acceptors (Lipinski definition) is 1. The van der Waals surface area contributed by atoms with Gasteiger partial charge in [-0.15, -0.1) is 0 Å². The van der Waals surface area contributed by atoms with Crippen molar-refractivity contribution in [3.05, 3.63) is 46.2 Å². The minimum atomic E-state index is -2.53. The fourth-order valence-electron chi connectivity index (χ4n) is 1.48. The molecule has 0 aliphatic heterocycles. The van der Waals surface area contributed by atoms with Crippen molar-refractivity contribution in [3.8, 4) is 5.69 Å². The molecule has 1 heterocycles. The van der Waals surface area contributed by atoms with Crippen LogP contribution in [0, 0.1) is 11.6 Å². The van der Waals surface area contributed by atoms with Crippen molar-refractivity contribution in [3.63, 3.8) is 0 Å². The maximum Gasteiger partial charge on any atom is 0.279 e. The summed E-state index contributed by atoms with van der Waals surface area (Å²) in [6.45, 7) is 1.93. The number of aromatic amines is 1. The first-order chi connectivity index (χ1) is 7.58. The summed E-state index contributed by atoms with van der Waals surface area (Å²) in [7, 11) is 0. The molecule has 0 spiro atoms. The Morgan fingerprint density at radius 2 is 2.06 bits per heavy atom. The molecule has 2 aromatic rings. The number of nitrogens with zero attached hydrogens (tertiary/aromatic N) is 1. The van der Waals surface area contributed by atoms with Gasteiger partial charge in [0.15, 0.2) is 0 Å². The van der Waals surface area contributed by atoms with Crippen molar-refractivity contribution in [1.82, 2.24) is 9.78 Å². The molecule has 5 heteroatoms. The second-order valence-corrected chi connectivity index (χ2v) is 3.94. The van der Waals surface area contributed by atoms with E-state index < -0.39 is 6.43 Å². The van der Waals surface area contributed by atoms with E-state index in [1.165, 1.54) is 10.7 Å². The van der Waals surface area contributed by atoms with E-state index in [4.69, 9.17) is 12.2 Å². The molecule has 16 heavy (non-hydrogen) atoms. The number of aryl methyl sites for hydroxylation is 1. The van der Waals surface area contributed by atoms with Crippen LogP contribution in [0.1, 0.15) is 17.7 Å². The smallest absolute Gasteiger partial charge is 0.279 e. The average Bonchev–Trinajstić information content (AvgIpc) is 2.60. The summed E-state index contributed by atoms with van der Waals surface area (Å²) < 4.78 is 26.8. The van der Waals surface area contributed by atoms with Gasteiger partial charge in [0, 0.05) is 6.07 Å². The quantitative estimate of drug-likeness (QED) is 0.792. The van der Waals surface area contributed by atoms with E-state index in [0.717, 1.165) is 11.3 Å². The van der Waals surface area contributed by atoms with Crippen LogP contribution in [-0.2, 0) is 0 Å². The lowest BCUT2D eigenvalue weighted by Gasteiger charge is -2.03. The molecule has 0 amide bonds. The molecule has 0 radical (unpaired) electrons. The highest BCUT2D eigenvalue weighted by molar-refractivity contribution is 7.71. The molecular weight excluding hydrogens is 230 g/mol. The van der Waals surface area contributed by atoms with E-state index in [1.807, 2.05) is 31.2 Å². The number of benzene rings is 1. The monoisotopic (exact) mass is 240 g/mol. The third-order valence-electron chi connectivity index (χ3n) is 2.24. The summed E-state index contributed by atoms with van der Waals surface area (Å²) in [5.74, 6) is 0. The molecule has 0 aliphatic rings. The topological polar surface area (TPSA) is 20.7 Å². The lowest BCUT2D eigenvalue weighted by molar-refractivity contribution is 0.145. The summed E-state index contributed by atoms with van der Waals surface area (Å²) in [5.41, 5.74) is 1.65. The number of aromatic nitrogens is 2. The van der Waals surface area contributed by atoms with Gasteiger partial charge in [0.05, 0.1) is 5.69 Å². The molecule has 0 unspecified atom stereocenters. The third kappa shape index (κ3) is 2.04. The van der Waals surface area contributed by atoms with Crippen LogP contribution in [0.2, 0.25) is 0 Å². The van der Waals surface area contributed by atoms with Crippen LogP contribution in [0.5, 0.6) is 0 Å². The van der Waals surface area contributed by atoms with Crippen molar-refractivity contribution in [2.45, 2.75) is 13.3 Å². The van der Waals surface area contributed by atoms with E-state index in [0.29, 0.717) is 4.64 Å². The first kappa shape index (κ1) is 11.0. The molecule has 2 rings (SSSR count). The van der Waals surface area contributed by atoms with Crippen molar-refractivity contribution in [1.29, 1.82) is 0 Å². The Bertz CT molecular complexity index is 557. The summed E-state index contributed by atoms with van der Waals surface area (Å²) in [6, 6.07) is 8.76. The maximum atomic E-state index is 12.5. The molecule has 1 aromatic carbocycles. The zero-order valence-corrected chi connectivity index (χ0v) is 9.39. The fourth-order valence-corrected chi connectivity index (χ4v) is 1.76. The minimum absolute atomic E-state index is 0.161. The van der Waals surface area contributed by atoms with Gasteiger partial charge < -0.3 is 0 Å². The van der Waals surface area contributed by atoms with Crippen molar-refractivity contribution >= 4 is 12.2 Å². The summed E-state index contributed by atoms with van der Waals surface area (Å²) in [6.07, 6.45) is -2.53. The van der Waals surface area contributed by atoms with Crippen LogP contribution in [0.3, 0.4) is 0 Å². The van der Waals surface area contributed by atoms with Gasteiger partial charge in [-0.3, -0.25) is 5.10 Å². The zero-order chi connectivity index (χ0) is 11.7. The number of alkyl halides is 2. The van der Waals surface area contributed by atoms with Crippen LogP contribution in [0.4, 0.5) is 8.78 Å². The minimum Gasteiger partial charge on any atom is -0.291 e. The Morgan fingerprint density at radius 1 is 1.31 bits per heavy atom. The van der Waals surface area contributed by atoms with Crippen LogP contribution >= 0.6 is 12.2 Å². The molecule has 0 saturated carbocycles. The Kier molecular flexibility index (Phi) is 2.87. The van der Waals surface area contributed by atoms with Gasteiger partial charge in [-0.2, -0.15) is 0 Å². The Morgan fingerprint density at radius 3 is 2.62 bits per heavy atom. The van der Waals surface area contributed by atoms with Crippen LogP contribution in [-0.4, -0.2) is 9.78 Å². The van der Waals surface area contributed by atoms with E-state index in [2.05, 4.69) is 5.10 Å². The third-order valence-corrected chi connectivity index (χ3v) is 2.54. The highest BCUT2D eigenvalue weighted by Gasteiger charge is 2.11. The fraction of sp³-hybridized carbons (Fsp3) is 0.182. The number of H-pyrrole nitrogens is 1. The predicted octanol–water partition coefficient (Wildman–Crippen LogP) is 3.78. The Balaban J connectivity index is 2.52. The molecule has 1 N–H and O–H groups in total. The molecule has 0 aliphatic carbocycles. The first-order valence-electron chi connectivity index (χ1n) is 4.75. The normalized spacial score (nSPS) is 11.0. The van der Waals surface area contributed by atoms with Gasteiger partial charge in [0.25, 0.3) is 6.43 Å². The molecule has 0 saturated heterocycles. The van der Waals surface area contributed by atoms with Gasteiger partial charge in [0.1, 0.15) is 10.3 Å². The second-order valence-electron chi connectivity index (χ2n) is 3.52. The number of hydrogen-bond donors (Lipinski definition) is 1. The van der Waals surface area contributed by atoms with Crippen molar-refractivity contribution in [2.24, 2.45) is 0 Å². The van der Waals surface area contributed by atoms with Crippen LogP contribution in [0.25, 0.3) is 5.69 Å². The standard InChI is InChI=1S/C11H10F2N2S/c1-7-3-2-4-8(5-7)15-10(16)6-9(14-15)11(12)13/h2-6,11,14H,1H3. The average molecular weight is 240 g/mol. The van der Waals surface area contributed by atoms with Crippen LogP contribution < -0.4 is 0 Å². The lowest BCUT2D eigenvalue weighted by atomic mass is 10.2. The Hall–Kier alpha value is -1.49. The van der Waals surface area contributed by atoms with Gasteiger partial charge in [0.2, 0.25) is 0 Å². The van der Waals surface area contributed by atoms with Gasteiger partial charge in [-0.1, -0.05) is 24.4 Å². The lowest BCUT2D eigenvalue weighted by Crippen LogP contribution is -1.97. The zero-order valence-electron chi connectivity index (χ0n) is 8.58. The number of nitrogens with one attached hydrogen (secondary N) is 1. The SMILES string of the molecule is Cc1cccc(-n2[nH]c(C(F)F)cc2=S)c1. The van der Waals surface area contributed by atoms with E-state index >= 15 is 0 Å². The highest BCUT2D eigenvalue weighted by atomic mass is 32.1. The molecular formula is C11H10F2N2S. The van der Waals surface area contributed by atoms with Gasteiger partial charge >= 0.3 is 0 Å². The first-order valence-corrected chi connectivity index (χ1v) is 5.16. The molecule has 84 valence electrons.